The monoisotopic (exact) mass is 291 g/mol. The van der Waals surface area contributed by atoms with Crippen molar-refractivity contribution in [3.63, 3.8) is 0 Å². The minimum Gasteiger partial charge on any atom is -0.464 e. The lowest BCUT2D eigenvalue weighted by Crippen LogP contribution is -2.47. The highest BCUT2D eigenvalue weighted by Crippen LogP contribution is 2.13. The molecule has 0 aromatic heterocycles. The van der Waals surface area contributed by atoms with Crippen molar-refractivity contribution in [1.29, 1.82) is 0 Å². The molecule has 0 saturated carbocycles. The van der Waals surface area contributed by atoms with Gasteiger partial charge in [0.2, 0.25) is 0 Å². The summed E-state index contributed by atoms with van der Waals surface area (Å²) in [6.45, 7) is 5.02. The van der Waals surface area contributed by atoms with Crippen LogP contribution in [-0.4, -0.2) is 41.8 Å². The standard InChI is InChI=1S/C16H21NO4/c1-4-14(16(20)21-5-2)17(11-12(3)18)15(19)13-9-7-6-8-10-13/h6-10,14H,4-5,11H2,1-3H3. The quantitative estimate of drug-likeness (QED) is 0.721. The summed E-state index contributed by atoms with van der Waals surface area (Å²) in [6.07, 6.45) is 0.394. The highest BCUT2D eigenvalue weighted by Gasteiger charge is 2.30. The average Bonchev–Trinajstić information content (AvgIpc) is 2.47. The summed E-state index contributed by atoms with van der Waals surface area (Å²) in [4.78, 5) is 37.3. The van der Waals surface area contributed by atoms with E-state index in [1.807, 2.05) is 0 Å². The van der Waals surface area contributed by atoms with Crippen molar-refractivity contribution in [3.05, 3.63) is 35.9 Å². The molecular formula is C16H21NO4. The first-order valence-corrected chi connectivity index (χ1v) is 7.03. The van der Waals surface area contributed by atoms with Crippen LogP contribution in [-0.2, 0) is 14.3 Å². The molecule has 0 radical (unpaired) electrons. The third-order valence-corrected chi connectivity index (χ3v) is 3.00. The molecule has 1 unspecified atom stereocenters. The number of carbonyl (C=O) groups is 3. The summed E-state index contributed by atoms with van der Waals surface area (Å²) in [5.74, 6) is -1.00. The van der Waals surface area contributed by atoms with E-state index in [4.69, 9.17) is 4.74 Å². The van der Waals surface area contributed by atoms with Crippen molar-refractivity contribution in [3.8, 4) is 0 Å². The number of benzene rings is 1. The number of hydrogen-bond donors (Lipinski definition) is 0. The van der Waals surface area contributed by atoms with Crippen LogP contribution in [0.4, 0.5) is 0 Å². The van der Waals surface area contributed by atoms with Crippen molar-refractivity contribution < 1.29 is 19.1 Å². The predicted octanol–water partition coefficient (Wildman–Crippen LogP) is 2.06. The number of hydrogen-bond acceptors (Lipinski definition) is 4. The number of carbonyl (C=O) groups excluding carboxylic acids is 3. The Bertz CT molecular complexity index is 498. The summed E-state index contributed by atoms with van der Waals surface area (Å²) >= 11 is 0. The van der Waals surface area contributed by atoms with E-state index in [-0.39, 0.29) is 24.8 Å². The van der Waals surface area contributed by atoms with Crippen LogP contribution >= 0.6 is 0 Å². The molecule has 5 nitrogen and oxygen atoms in total. The zero-order chi connectivity index (χ0) is 15.8. The Morgan fingerprint density at radius 2 is 1.76 bits per heavy atom. The van der Waals surface area contributed by atoms with Gasteiger partial charge in [0.15, 0.2) is 0 Å². The van der Waals surface area contributed by atoms with Gasteiger partial charge in [0.05, 0.1) is 13.2 Å². The normalized spacial score (nSPS) is 11.6. The topological polar surface area (TPSA) is 63.7 Å². The van der Waals surface area contributed by atoms with Crippen LogP contribution in [0.3, 0.4) is 0 Å². The highest BCUT2D eigenvalue weighted by atomic mass is 16.5. The highest BCUT2D eigenvalue weighted by molar-refractivity contribution is 5.99. The number of amides is 1. The lowest BCUT2D eigenvalue weighted by atomic mass is 10.1. The predicted molar refractivity (Wildman–Crippen MR) is 78.9 cm³/mol. The summed E-state index contributed by atoms with van der Waals surface area (Å²) in [7, 11) is 0. The zero-order valence-electron chi connectivity index (χ0n) is 12.7. The van der Waals surface area contributed by atoms with E-state index < -0.39 is 12.0 Å². The van der Waals surface area contributed by atoms with Crippen LogP contribution in [0, 0.1) is 0 Å². The molecule has 0 fully saturated rings. The van der Waals surface area contributed by atoms with Crippen LogP contribution in [0.1, 0.15) is 37.6 Å². The van der Waals surface area contributed by atoms with Gasteiger partial charge in [-0.3, -0.25) is 9.59 Å². The summed E-state index contributed by atoms with van der Waals surface area (Å²) < 4.78 is 5.00. The van der Waals surface area contributed by atoms with Crippen molar-refractivity contribution in [2.24, 2.45) is 0 Å². The second kappa shape index (κ2) is 8.19. The van der Waals surface area contributed by atoms with Crippen LogP contribution < -0.4 is 0 Å². The van der Waals surface area contributed by atoms with E-state index in [9.17, 15) is 14.4 Å². The van der Waals surface area contributed by atoms with Gasteiger partial charge in [-0.05, 0) is 32.4 Å². The molecule has 0 N–H and O–H groups in total. The van der Waals surface area contributed by atoms with Gasteiger partial charge in [-0.15, -0.1) is 0 Å². The Labute approximate surface area is 124 Å². The van der Waals surface area contributed by atoms with Crippen molar-refractivity contribution in [2.75, 3.05) is 13.2 Å². The van der Waals surface area contributed by atoms with E-state index in [1.165, 1.54) is 11.8 Å². The molecule has 1 rings (SSSR count). The largest absolute Gasteiger partial charge is 0.464 e. The average molecular weight is 291 g/mol. The van der Waals surface area contributed by atoms with Gasteiger partial charge in [-0.25, -0.2) is 4.79 Å². The number of rotatable bonds is 7. The molecule has 114 valence electrons. The molecule has 5 heteroatoms. The Kier molecular flexibility index (Phi) is 6.59. The minimum absolute atomic E-state index is 0.106. The van der Waals surface area contributed by atoms with E-state index in [0.717, 1.165) is 0 Å². The number of esters is 1. The van der Waals surface area contributed by atoms with Gasteiger partial charge in [0.25, 0.3) is 5.91 Å². The first-order chi connectivity index (χ1) is 10.0. The Morgan fingerprint density at radius 3 is 2.24 bits per heavy atom. The molecule has 0 spiro atoms. The number of ketones is 1. The van der Waals surface area contributed by atoms with Gasteiger partial charge in [0, 0.05) is 5.56 Å². The van der Waals surface area contributed by atoms with E-state index in [1.54, 1.807) is 44.2 Å². The molecule has 0 aliphatic heterocycles. The minimum atomic E-state index is -0.749. The first kappa shape index (κ1) is 16.9. The number of ether oxygens (including phenoxy) is 1. The van der Waals surface area contributed by atoms with Crippen molar-refractivity contribution in [1.82, 2.24) is 4.90 Å². The fraction of sp³-hybridized carbons (Fsp3) is 0.438. The maximum Gasteiger partial charge on any atom is 0.328 e. The second-order valence-corrected chi connectivity index (χ2v) is 4.68. The number of nitrogens with zero attached hydrogens (tertiary/aromatic N) is 1. The molecule has 1 aromatic carbocycles. The van der Waals surface area contributed by atoms with E-state index in [2.05, 4.69) is 0 Å². The lowest BCUT2D eigenvalue weighted by molar-refractivity contribution is -0.148. The fourth-order valence-electron chi connectivity index (χ4n) is 2.06. The Morgan fingerprint density at radius 1 is 1.14 bits per heavy atom. The van der Waals surface area contributed by atoms with Gasteiger partial charge in [-0.2, -0.15) is 0 Å². The molecule has 0 saturated heterocycles. The molecule has 0 heterocycles. The molecule has 1 aromatic rings. The summed E-state index contributed by atoms with van der Waals surface area (Å²) in [6, 6.07) is 7.85. The summed E-state index contributed by atoms with van der Waals surface area (Å²) in [5.41, 5.74) is 0.446. The maximum atomic E-state index is 12.6. The van der Waals surface area contributed by atoms with E-state index >= 15 is 0 Å². The van der Waals surface area contributed by atoms with Gasteiger partial charge >= 0.3 is 5.97 Å². The molecule has 0 bridgehead atoms. The van der Waals surface area contributed by atoms with Crippen LogP contribution in [0.25, 0.3) is 0 Å². The smallest absolute Gasteiger partial charge is 0.328 e. The van der Waals surface area contributed by atoms with Gasteiger partial charge in [0.1, 0.15) is 11.8 Å². The van der Waals surface area contributed by atoms with Crippen LogP contribution in [0.15, 0.2) is 30.3 Å². The molecule has 1 amide bonds. The maximum absolute atomic E-state index is 12.6. The van der Waals surface area contributed by atoms with E-state index in [0.29, 0.717) is 12.0 Å². The number of Topliss-reactive ketones (excluding diaryl/α,β-unsaturated/α-hetero) is 1. The van der Waals surface area contributed by atoms with Gasteiger partial charge < -0.3 is 9.64 Å². The Balaban J connectivity index is 3.06. The molecular weight excluding hydrogens is 270 g/mol. The third-order valence-electron chi connectivity index (χ3n) is 3.00. The third kappa shape index (κ3) is 4.70. The first-order valence-electron chi connectivity index (χ1n) is 7.03. The lowest BCUT2D eigenvalue weighted by Gasteiger charge is -2.28. The van der Waals surface area contributed by atoms with Crippen molar-refractivity contribution >= 4 is 17.7 Å². The van der Waals surface area contributed by atoms with Gasteiger partial charge in [-0.1, -0.05) is 25.1 Å². The molecule has 1 atom stereocenters. The summed E-state index contributed by atoms with van der Waals surface area (Å²) in [5, 5.41) is 0. The fourth-order valence-corrected chi connectivity index (χ4v) is 2.06. The SMILES string of the molecule is CCOC(=O)C(CC)N(CC(C)=O)C(=O)c1ccccc1. The zero-order valence-corrected chi connectivity index (χ0v) is 12.7. The Hall–Kier alpha value is -2.17. The molecule has 0 aliphatic rings. The molecule has 21 heavy (non-hydrogen) atoms. The van der Waals surface area contributed by atoms with Crippen LogP contribution in [0.2, 0.25) is 0 Å². The van der Waals surface area contributed by atoms with Crippen molar-refractivity contribution in [2.45, 2.75) is 33.2 Å². The second-order valence-electron chi connectivity index (χ2n) is 4.68. The van der Waals surface area contributed by atoms with Crippen LogP contribution in [0.5, 0.6) is 0 Å². The molecule has 0 aliphatic carbocycles.